The second-order valence-electron chi connectivity index (χ2n) is 12.9. The van der Waals surface area contributed by atoms with Gasteiger partial charge < -0.3 is 9.47 Å². The average Bonchev–Trinajstić information content (AvgIpc) is 3.68. The Morgan fingerprint density at radius 2 is 1.15 bits per heavy atom. The lowest BCUT2D eigenvalue weighted by atomic mass is 9.85. The molecule has 2 heterocycles. The number of aromatic nitrogens is 1. The molecule has 1 aliphatic carbocycles. The van der Waals surface area contributed by atoms with Crippen LogP contribution in [0.1, 0.15) is 11.5 Å². The van der Waals surface area contributed by atoms with E-state index in [-0.39, 0.29) is 12.0 Å². The summed E-state index contributed by atoms with van der Waals surface area (Å²) in [5.74, 6) is 0.249. The summed E-state index contributed by atoms with van der Waals surface area (Å²) in [5.41, 5.74) is 12.6. The maximum atomic E-state index is 2.54. The highest BCUT2D eigenvalue weighted by atomic mass is 15.2. The van der Waals surface area contributed by atoms with E-state index in [4.69, 9.17) is 0 Å². The van der Waals surface area contributed by atoms with Crippen LogP contribution in [0.25, 0.3) is 60.5 Å². The number of hydrogen-bond donors (Lipinski definition) is 0. The molecule has 2 atom stereocenters. The van der Waals surface area contributed by atoms with E-state index in [0.717, 1.165) is 0 Å². The standard InChI is InChI=1S/C46H32N2/c1-2-12-31(13-3-1)33-24-27-35(28-25-33)47-41-20-8-6-16-39(41)45-37(18-10-22-43(45)47)38-19-11-23-44-46(38)40-17-7-9-21-42(40)48(44)36-29-26-32-14-4-5-15-34(32)30-36/h1-30,39,41H. The molecule has 226 valence electrons. The summed E-state index contributed by atoms with van der Waals surface area (Å²) in [5, 5.41) is 5.08. The smallest absolute Gasteiger partial charge is 0.0629 e. The lowest BCUT2D eigenvalue weighted by Crippen LogP contribution is -2.28. The summed E-state index contributed by atoms with van der Waals surface area (Å²) in [6.07, 6.45) is 9.18. The van der Waals surface area contributed by atoms with Gasteiger partial charge in [-0.1, -0.05) is 140 Å². The molecule has 1 aromatic heterocycles. The number of nitrogens with zero attached hydrogens (tertiary/aromatic N) is 2. The van der Waals surface area contributed by atoms with Crippen LogP contribution >= 0.6 is 0 Å². The molecule has 0 radical (unpaired) electrons. The van der Waals surface area contributed by atoms with E-state index in [1.54, 1.807) is 0 Å². The molecule has 2 aliphatic rings. The fourth-order valence-corrected chi connectivity index (χ4v) is 8.21. The van der Waals surface area contributed by atoms with Crippen molar-refractivity contribution in [2.24, 2.45) is 0 Å². The van der Waals surface area contributed by atoms with Crippen LogP contribution in [0.2, 0.25) is 0 Å². The minimum absolute atomic E-state index is 0.215. The van der Waals surface area contributed by atoms with E-state index in [1.165, 1.54) is 77.5 Å². The van der Waals surface area contributed by atoms with Crippen LogP contribution in [0, 0.1) is 0 Å². The van der Waals surface area contributed by atoms with Gasteiger partial charge in [0.2, 0.25) is 0 Å². The first-order chi connectivity index (χ1) is 23.8. The number of para-hydroxylation sites is 1. The molecule has 0 saturated carbocycles. The minimum Gasteiger partial charge on any atom is -0.333 e. The molecule has 0 spiro atoms. The first-order valence-electron chi connectivity index (χ1n) is 16.8. The second kappa shape index (κ2) is 10.7. The second-order valence-corrected chi connectivity index (χ2v) is 12.9. The van der Waals surface area contributed by atoms with Crippen molar-refractivity contribution in [2.75, 3.05) is 4.90 Å². The van der Waals surface area contributed by atoms with Crippen LogP contribution in [-0.4, -0.2) is 10.6 Å². The largest absolute Gasteiger partial charge is 0.333 e. The van der Waals surface area contributed by atoms with Crippen LogP contribution in [-0.2, 0) is 0 Å². The number of rotatable bonds is 4. The highest BCUT2D eigenvalue weighted by Gasteiger charge is 2.39. The van der Waals surface area contributed by atoms with Crippen molar-refractivity contribution < 1.29 is 0 Å². The van der Waals surface area contributed by atoms with Gasteiger partial charge in [0, 0.05) is 33.8 Å². The molecule has 0 saturated heterocycles. The van der Waals surface area contributed by atoms with Gasteiger partial charge in [-0.2, -0.15) is 0 Å². The Morgan fingerprint density at radius 3 is 2.04 bits per heavy atom. The van der Waals surface area contributed by atoms with Crippen molar-refractivity contribution in [3.63, 3.8) is 0 Å². The van der Waals surface area contributed by atoms with Crippen LogP contribution in [0.15, 0.2) is 182 Å². The Balaban J connectivity index is 1.17. The van der Waals surface area contributed by atoms with Crippen LogP contribution in [0.3, 0.4) is 0 Å². The molecule has 8 aromatic rings. The normalized spacial score (nSPS) is 16.5. The summed E-state index contributed by atoms with van der Waals surface area (Å²) in [6, 6.07) is 57.9. The molecule has 2 unspecified atom stereocenters. The van der Waals surface area contributed by atoms with Crippen LogP contribution in [0.4, 0.5) is 11.4 Å². The minimum atomic E-state index is 0.215. The number of allylic oxidation sites excluding steroid dienone is 2. The van der Waals surface area contributed by atoms with Crippen molar-refractivity contribution in [3.05, 3.63) is 188 Å². The zero-order chi connectivity index (χ0) is 31.6. The third-order valence-corrected chi connectivity index (χ3v) is 10.3. The van der Waals surface area contributed by atoms with Crippen LogP contribution in [0.5, 0.6) is 0 Å². The Hall–Kier alpha value is -6.12. The first kappa shape index (κ1) is 27.0. The lowest BCUT2D eigenvalue weighted by molar-refractivity contribution is 0.745. The Labute approximate surface area is 280 Å². The van der Waals surface area contributed by atoms with Crippen molar-refractivity contribution in [2.45, 2.75) is 12.0 Å². The molecule has 0 N–H and O–H groups in total. The number of fused-ring (bicyclic) bond motifs is 7. The molecule has 2 nitrogen and oxygen atoms in total. The molecular formula is C46H32N2. The Morgan fingerprint density at radius 1 is 0.458 bits per heavy atom. The van der Waals surface area contributed by atoms with E-state index < -0.39 is 0 Å². The van der Waals surface area contributed by atoms with Gasteiger partial charge in [0.05, 0.1) is 17.1 Å². The molecule has 2 heteroatoms. The summed E-state index contributed by atoms with van der Waals surface area (Å²) in [7, 11) is 0. The van der Waals surface area contributed by atoms with Gasteiger partial charge >= 0.3 is 0 Å². The van der Waals surface area contributed by atoms with Gasteiger partial charge in [0.25, 0.3) is 0 Å². The van der Waals surface area contributed by atoms with Gasteiger partial charge in [-0.25, -0.2) is 0 Å². The van der Waals surface area contributed by atoms with E-state index in [1.807, 2.05) is 0 Å². The maximum absolute atomic E-state index is 2.54. The third kappa shape index (κ3) is 4.06. The van der Waals surface area contributed by atoms with Crippen molar-refractivity contribution in [1.29, 1.82) is 0 Å². The Bertz CT molecular complexity index is 2570. The highest BCUT2D eigenvalue weighted by molar-refractivity contribution is 6.16. The van der Waals surface area contributed by atoms with Gasteiger partial charge in [0.15, 0.2) is 0 Å². The van der Waals surface area contributed by atoms with Gasteiger partial charge in [-0.15, -0.1) is 0 Å². The fraction of sp³-hybridized carbons (Fsp3) is 0.0435. The van der Waals surface area contributed by atoms with E-state index >= 15 is 0 Å². The SMILES string of the molecule is C1=CC2c3c(-c4cccc5c4c4ccccc4n5-c4ccc5ccccc5c4)cccc3N(c3ccc(-c4ccccc4)cc3)C2C=C1. The van der Waals surface area contributed by atoms with Crippen molar-refractivity contribution in [1.82, 2.24) is 4.57 Å². The zero-order valence-electron chi connectivity index (χ0n) is 26.4. The molecule has 7 aromatic carbocycles. The summed E-state index contributed by atoms with van der Waals surface area (Å²) < 4.78 is 2.44. The number of anilines is 2. The molecule has 0 fully saturated rings. The molecular weight excluding hydrogens is 581 g/mol. The van der Waals surface area contributed by atoms with E-state index in [9.17, 15) is 0 Å². The quantitative estimate of drug-likeness (QED) is 0.192. The first-order valence-corrected chi connectivity index (χ1v) is 16.8. The lowest BCUT2D eigenvalue weighted by Gasteiger charge is -2.28. The predicted molar refractivity (Wildman–Crippen MR) is 203 cm³/mol. The molecule has 10 rings (SSSR count). The monoisotopic (exact) mass is 612 g/mol. The van der Waals surface area contributed by atoms with Gasteiger partial charge in [-0.3, -0.25) is 0 Å². The fourth-order valence-electron chi connectivity index (χ4n) is 8.21. The predicted octanol–water partition coefficient (Wildman–Crippen LogP) is 12.0. The molecule has 1 aliphatic heterocycles. The third-order valence-electron chi connectivity index (χ3n) is 10.3. The molecule has 48 heavy (non-hydrogen) atoms. The Kier molecular flexibility index (Phi) is 6.04. The van der Waals surface area contributed by atoms with Crippen molar-refractivity contribution in [3.8, 4) is 27.9 Å². The van der Waals surface area contributed by atoms with Crippen molar-refractivity contribution >= 4 is 44.0 Å². The molecule has 0 bridgehead atoms. The summed E-state index contributed by atoms with van der Waals surface area (Å²) in [6.45, 7) is 0. The topological polar surface area (TPSA) is 8.17 Å². The van der Waals surface area contributed by atoms with E-state index in [2.05, 4.69) is 191 Å². The van der Waals surface area contributed by atoms with Crippen LogP contribution < -0.4 is 4.90 Å². The highest BCUT2D eigenvalue weighted by Crippen LogP contribution is 2.52. The summed E-state index contributed by atoms with van der Waals surface area (Å²) in [4.78, 5) is 2.54. The van der Waals surface area contributed by atoms with E-state index in [0.29, 0.717) is 0 Å². The average molecular weight is 613 g/mol. The number of benzene rings is 7. The van der Waals surface area contributed by atoms with Gasteiger partial charge in [-0.05, 0) is 81.1 Å². The number of hydrogen-bond acceptors (Lipinski definition) is 1. The summed E-state index contributed by atoms with van der Waals surface area (Å²) >= 11 is 0. The maximum Gasteiger partial charge on any atom is 0.0629 e. The molecule has 0 amide bonds. The zero-order valence-corrected chi connectivity index (χ0v) is 26.4. The van der Waals surface area contributed by atoms with Gasteiger partial charge in [0.1, 0.15) is 0 Å².